The van der Waals surface area contributed by atoms with E-state index < -0.39 is 0 Å². The third kappa shape index (κ3) is 8.09. The van der Waals surface area contributed by atoms with Gasteiger partial charge in [-0.15, -0.1) is 24.0 Å². The van der Waals surface area contributed by atoms with Gasteiger partial charge in [-0.25, -0.2) is 0 Å². The maximum absolute atomic E-state index is 4.47. The van der Waals surface area contributed by atoms with E-state index in [1.165, 1.54) is 16.7 Å². The Morgan fingerprint density at radius 1 is 1.06 bits per heavy atom. The van der Waals surface area contributed by atoms with Crippen LogP contribution >= 0.6 is 24.0 Å². The smallest absolute Gasteiger partial charge is 0.191 e. The Balaban J connectivity index is 0.00000341. The van der Waals surface area contributed by atoms with Crippen LogP contribution in [0.15, 0.2) is 59.6 Å². The zero-order valence-corrected chi connectivity index (χ0v) is 21.7. The number of nitrogens with zero attached hydrogens (tertiary/aromatic N) is 3. The van der Waals surface area contributed by atoms with Crippen LogP contribution in [0.2, 0.25) is 0 Å². The first-order valence-electron chi connectivity index (χ1n) is 11.0. The van der Waals surface area contributed by atoms with Gasteiger partial charge < -0.3 is 15.5 Å². The van der Waals surface area contributed by atoms with E-state index in [2.05, 4.69) is 101 Å². The second-order valence-electron chi connectivity index (χ2n) is 8.52. The zero-order valence-electron chi connectivity index (χ0n) is 19.3. The molecule has 2 N–H and O–H groups in total. The lowest BCUT2D eigenvalue weighted by Crippen LogP contribution is -2.49. The molecule has 0 aliphatic carbocycles. The highest BCUT2D eigenvalue weighted by atomic mass is 127. The summed E-state index contributed by atoms with van der Waals surface area (Å²) in [6.45, 7) is 6.23. The van der Waals surface area contributed by atoms with Gasteiger partial charge in [0.1, 0.15) is 0 Å². The van der Waals surface area contributed by atoms with Crippen molar-refractivity contribution in [2.75, 3.05) is 40.8 Å². The fourth-order valence-corrected chi connectivity index (χ4v) is 4.05. The van der Waals surface area contributed by atoms with Crippen LogP contribution in [-0.4, -0.2) is 62.6 Å². The number of likely N-dealkylation sites (N-methyl/N-ethyl adjacent to an activating group) is 1. The lowest BCUT2D eigenvalue weighted by atomic mass is 10.0. The van der Waals surface area contributed by atoms with Crippen LogP contribution in [0.1, 0.15) is 35.6 Å². The van der Waals surface area contributed by atoms with Crippen molar-refractivity contribution in [1.82, 2.24) is 20.4 Å². The highest BCUT2D eigenvalue weighted by Crippen LogP contribution is 2.18. The molecule has 1 aliphatic heterocycles. The molecule has 1 heterocycles. The molecule has 1 unspecified atom stereocenters. The summed E-state index contributed by atoms with van der Waals surface area (Å²) >= 11 is 0. The molecule has 31 heavy (non-hydrogen) atoms. The zero-order chi connectivity index (χ0) is 21.3. The molecule has 0 saturated carbocycles. The number of benzene rings is 2. The number of guanidine groups is 1. The molecule has 0 spiro atoms. The van der Waals surface area contributed by atoms with Gasteiger partial charge in [0.2, 0.25) is 0 Å². The SMILES string of the molecule is CN=C(NCC(c1ccc(C)cc1)N(C)C)NC1CCN(Cc2ccccc2)CC1.I. The summed E-state index contributed by atoms with van der Waals surface area (Å²) in [4.78, 5) is 9.27. The van der Waals surface area contributed by atoms with Gasteiger partial charge in [0.05, 0.1) is 6.04 Å². The molecule has 2 aromatic rings. The fraction of sp³-hybridized carbons (Fsp3) is 0.480. The van der Waals surface area contributed by atoms with Crippen LogP contribution in [0.3, 0.4) is 0 Å². The van der Waals surface area contributed by atoms with E-state index in [0.29, 0.717) is 12.1 Å². The largest absolute Gasteiger partial charge is 0.354 e. The molecule has 6 heteroatoms. The molecule has 0 aromatic heterocycles. The topological polar surface area (TPSA) is 42.9 Å². The lowest BCUT2D eigenvalue weighted by Gasteiger charge is -2.33. The Hall–Kier alpha value is -1.64. The van der Waals surface area contributed by atoms with Crippen LogP contribution in [0.5, 0.6) is 0 Å². The molecule has 170 valence electrons. The van der Waals surface area contributed by atoms with E-state index in [0.717, 1.165) is 45.0 Å². The molecule has 0 amide bonds. The third-order valence-corrected chi connectivity index (χ3v) is 5.95. The summed E-state index contributed by atoms with van der Waals surface area (Å²) in [5.41, 5.74) is 4.01. The molecule has 2 aromatic carbocycles. The number of likely N-dealkylation sites (tertiary alicyclic amines) is 1. The maximum atomic E-state index is 4.47. The van der Waals surface area contributed by atoms with Gasteiger partial charge in [0, 0.05) is 39.3 Å². The van der Waals surface area contributed by atoms with Crippen molar-refractivity contribution >= 4 is 29.9 Å². The molecule has 0 radical (unpaired) electrons. The van der Waals surface area contributed by atoms with Crippen LogP contribution in [0.25, 0.3) is 0 Å². The highest BCUT2D eigenvalue weighted by Gasteiger charge is 2.21. The van der Waals surface area contributed by atoms with Crippen molar-refractivity contribution in [2.45, 2.75) is 38.4 Å². The van der Waals surface area contributed by atoms with Gasteiger partial charge in [-0.2, -0.15) is 0 Å². The van der Waals surface area contributed by atoms with E-state index in [9.17, 15) is 0 Å². The summed E-state index contributed by atoms with van der Waals surface area (Å²) < 4.78 is 0. The molecule has 1 atom stereocenters. The molecule has 1 aliphatic rings. The van der Waals surface area contributed by atoms with Gasteiger partial charge >= 0.3 is 0 Å². The Morgan fingerprint density at radius 2 is 1.71 bits per heavy atom. The Labute approximate surface area is 205 Å². The van der Waals surface area contributed by atoms with E-state index in [1.807, 2.05) is 7.05 Å². The van der Waals surface area contributed by atoms with Crippen LogP contribution in [0, 0.1) is 6.92 Å². The van der Waals surface area contributed by atoms with Crippen LogP contribution in [-0.2, 0) is 6.54 Å². The molecule has 5 nitrogen and oxygen atoms in total. The summed E-state index contributed by atoms with van der Waals surface area (Å²) in [5, 5.41) is 7.18. The standard InChI is InChI=1S/C25H37N5.HI/c1-20-10-12-22(13-11-20)24(29(3)4)18-27-25(26-2)28-23-14-16-30(17-15-23)19-21-8-6-5-7-9-21;/h5-13,23-24H,14-19H2,1-4H3,(H2,26,27,28);1H. The molecule has 1 saturated heterocycles. The number of rotatable bonds is 7. The molecular weight excluding hydrogens is 497 g/mol. The Kier molecular flexibility index (Phi) is 10.8. The highest BCUT2D eigenvalue weighted by molar-refractivity contribution is 14.0. The number of nitrogens with one attached hydrogen (secondary N) is 2. The first-order valence-corrected chi connectivity index (χ1v) is 11.0. The summed E-state index contributed by atoms with van der Waals surface area (Å²) in [5.74, 6) is 0.899. The van der Waals surface area contributed by atoms with Crippen molar-refractivity contribution in [3.05, 3.63) is 71.3 Å². The number of hydrogen-bond donors (Lipinski definition) is 2. The minimum Gasteiger partial charge on any atom is -0.354 e. The molecule has 3 rings (SSSR count). The van der Waals surface area contributed by atoms with Crippen LogP contribution in [0.4, 0.5) is 0 Å². The predicted octanol–water partition coefficient (Wildman–Crippen LogP) is 4.05. The van der Waals surface area contributed by atoms with Gasteiger partial charge in [0.25, 0.3) is 0 Å². The number of aliphatic imine (C=N–C) groups is 1. The monoisotopic (exact) mass is 535 g/mol. The summed E-state index contributed by atoms with van der Waals surface area (Å²) in [6, 6.07) is 20.3. The average Bonchev–Trinajstić information content (AvgIpc) is 2.76. The van der Waals surface area contributed by atoms with Crippen LogP contribution < -0.4 is 10.6 Å². The van der Waals surface area contributed by atoms with E-state index in [-0.39, 0.29) is 24.0 Å². The number of piperidine rings is 1. The number of aryl methyl sites for hydroxylation is 1. The maximum Gasteiger partial charge on any atom is 0.191 e. The van der Waals surface area contributed by atoms with E-state index in [4.69, 9.17) is 0 Å². The molecular formula is C25H38IN5. The molecule has 0 bridgehead atoms. The number of hydrogen-bond acceptors (Lipinski definition) is 3. The van der Waals surface area contributed by atoms with Gasteiger partial charge in [-0.05, 0) is 45.0 Å². The lowest BCUT2D eigenvalue weighted by molar-refractivity contribution is 0.198. The van der Waals surface area contributed by atoms with Crippen molar-refractivity contribution in [3.8, 4) is 0 Å². The average molecular weight is 536 g/mol. The third-order valence-electron chi connectivity index (χ3n) is 5.95. The van der Waals surface area contributed by atoms with Crippen molar-refractivity contribution in [3.63, 3.8) is 0 Å². The minimum atomic E-state index is 0. The normalized spacial score (nSPS) is 16.6. The van der Waals surface area contributed by atoms with Gasteiger partial charge in [-0.3, -0.25) is 9.89 Å². The first kappa shape index (κ1) is 25.6. The Bertz CT molecular complexity index is 783. The second kappa shape index (κ2) is 13.0. The molecule has 1 fully saturated rings. The fourth-order valence-electron chi connectivity index (χ4n) is 4.05. The van der Waals surface area contributed by atoms with E-state index >= 15 is 0 Å². The van der Waals surface area contributed by atoms with E-state index in [1.54, 1.807) is 0 Å². The van der Waals surface area contributed by atoms with Crippen molar-refractivity contribution in [2.24, 2.45) is 4.99 Å². The summed E-state index contributed by atoms with van der Waals surface area (Å²) in [7, 11) is 6.12. The van der Waals surface area contributed by atoms with Gasteiger partial charge in [0.15, 0.2) is 5.96 Å². The van der Waals surface area contributed by atoms with Crippen molar-refractivity contribution in [1.29, 1.82) is 0 Å². The minimum absolute atomic E-state index is 0. The second-order valence-corrected chi connectivity index (χ2v) is 8.52. The summed E-state index contributed by atoms with van der Waals surface area (Å²) in [6.07, 6.45) is 2.28. The number of halogens is 1. The quantitative estimate of drug-likeness (QED) is 0.319. The Morgan fingerprint density at radius 3 is 2.29 bits per heavy atom. The van der Waals surface area contributed by atoms with Crippen molar-refractivity contribution < 1.29 is 0 Å². The van der Waals surface area contributed by atoms with Gasteiger partial charge in [-0.1, -0.05) is 60.2 Å². The first-order chi connectivity index (χ1) is 14.5. The predicted molar refractivity (Wildman–Crippen MR) is 142 cm³/mol.